The van der Waals surface area contributed by atoms with Gasteiger partial charge in [-0.2, -0.15) is 0 Å². The first-order chi connectivity index (χ1) is 7.54. The molecule has 2 heteroatoms. The number of hydrogen-bond acceptors (Lipinski definition) is 2. The van der Waals surface area contributed by atoms with E-state index in [1.807, 2.05) is 13.8 Å². The molecule has 0 aromatic rings. The molecule has 0 saturated heterocycles. The van der Waals surface area contributed by atoms with Crippen LogP contribution in [-0.2, 0) is 9.47 Å². The van der Waals surface area contributed by atoms with Gasteiger partial charge in [-0.15, -0.1) is 0 Å². The molecular formula is C14H32O2. The van der Waals surface area contributed by atoms with Crippen molar-refractivity contribution in [2.75, 3.05) is 26.4 Å². The normalized spacial score (nSPS) is 10.5. The molecule has 0 aromatic carbocycles. The molecule has 0 bridgehead atoms. The lowest BCUT2D eigenvalue weighted by Crippen LogP contribution is -2.02. The summed E-state index contributed by atoms with van der Waals surface area (Å²) in [5.74, 6) is 1.54. The third kappa shape index (κ3) is 23.6. The molecule has 0 radical (unpaired) electrons. The lowest BCUT2D eigenvalue weighted by atomic mass is 10.1. The van der Waals surface area contributed by atoms with Crippen molar-refractivity contribution in [2.45, 2.75) is 54.4 Å². The average Bonchev–Trinajstić information content (AvgIpc) is 2.18. The minimum atomic E-state index is 0.772. The van der Waals surface area contributed by atoms with Crippen LogP contribution in [0.2, 0.25) is 0 Å². The third-order valence-electron chi connectivity index (χ3n) is 2.09. The fourth-order valence-electron chi connectivity index (χ4n) is 0.944. The molecule has 0 amide bonds. The predicted octanol–water partition coefficient (Wildman–Crippen LogP) is 4.14. The van der Waals surface area contributed by atoms with Crippen LogP contribution in [0.25, 0.3) is 0 Å². The molecule has 16 heavy (non-hydrogen) atoms. The lowest BCUT2D eigenvalue weighted by molar-refractivity contribution is 0.114. The Morgan fingerprint density at radius 1 is 0.688 bits per heavy atom. The number of rotatable bonds is 8. The van der Waals surface area contributed by atoms with Crippen LogP contribution >= 0.6 is 0 Å². The molecule has 0 saturated carbocycles. The second-order valence-electron chi connectivity index (χ2n) is 4.76. The van der Waals surface area contributed by atoms with Crippen molar-refractivity contribution >= 4 is 0 Å². The summed E-state index contributed by atoms with van der Waals surface area (Å²) in [6.07, 6.45) is 2.39. The van der Waals surface area contributed by atoms with E-state index in [2.05, 4.69) is 27.7 Å². The van der Waals surface area contributed by atoms with Crippen molar-refractivity contribution in [2.24, 2.45) is 11.8 Å². The average molecular weight is 232 g/mol. The van der Waals surface area contributed by atoms with E-state index in [-0.39, 0.29) is 0 Å². The molecule has 0 aliphatic heterocycles. The van der Waals surface area contributed by atoms with Crippen molar-refractivity contribution in [1.29, 1.82) is 0 Å². The standard InChI is InChI=1S/C10H22O.C4H10O/c1-9(2)5-7-11-8-6-10(3)4;1-3-5-4-2/h9-10H,5-8H2,1-4H3;3-4H2,1-2H3. The molecule has 2 nitrogen and oxygen atoms in total. The van der Waals surface area contributed by atoms with Crippen LogP contribution < -0.4 is 0 Å². The van der Waals surface area contributed by atoms with Crippen molar-refractivity contribution in [1.82, 2.24) is 0 Å². The second-order valence-corrected chi connectivity index (χ2v) is 4.76. The van der Waals surface area contributed by atoms with Gasteiger partial charge in [0.1, 0.15) is 0 Å². The molecule has 0 aliphatic carbocycles. The highest BCUT2D eigenvalue weighted by Gasteiger charge is 1.95. The fraction of sp³-hybridized carbons (Fsp3) is 1.00. The Bertz CT molecular complexity index is 99.3. The highest BCUT2D eigenvalue weighted by atomic mass is 16.5. The Hall–Kier alpha value is -0.0800. The summed E-state index contributed by atoms with van der Waals surface area (Å²) in [6.45, 7) is 16.4. The summed E-state index contributed by atoms with van der Waals surface area (Å²) in [7, 11) is 0. The topological polar surface area (TPSA) is 18.5 Å². The maximum atomic E-state index is 5.46. The van der Waals surface area contributed by atoms with E-state index in [9.17, 15) is 0 Å². The van der Waals surface area contributed by atoms with Gasteiger partial charge in [0.05, 0.1) is 0 Å². The van der Waals surface area contributed by atoms with Crippen LogP contribution in [-0.4, -0.2) is 26.4 Å². The fourth-order valence-corrected chi connectivity index (χ4v) is 0.944. The smallest absolute Gasteiger partial charge is 0.0468 e. The van der Waals surface area contributed by atoms with Crippen LogP contribution in [0.3, 0.4) is 0 Å². The van der Waals surface area contributed by atoms with Gasteiger partial charge in [-0.1, -0.05) is 27.7 Å². The second kappa shape index (κ2) is 14.9. The highest BCUT2D eigenvalue weighted by Crippen LogP contribution is 2.02. The van der Waals surface area contributed by atoms with Crippen molar-refractivity contribution < 1.29 is 9.47 Å². The summed E-state index contributed by atoms with van der Waals surface area (Å²) in [5, 5.41) is 0. The molecule has 0 unspecified atom stereocenters. The third-order valence-corrected chi connectivity index (χ3v) is 2.09. The zero-order chi connectivity index (χ0) is 12.8. The molecule has 0 atom stereocenters. The quantitative estimate of drug-likeness (QED) is 0.586. The molecule has 100 valence electrons. The van der Waals surface area contributed by atoms with Gasteiger partial charge in [-0.05, 0) is 38.5 Å². The van der Waals surface area contributed by atoms with Gasteiger partial charge in [0.25, 0.3) is 0 Å². The molecule has 0 fully saturated rings. The van der Waals surface area contributed by atoms with Gasteiger partial charge in [-0.3, -0.25) is 0 Å². The van der Waals surface area contributed by atoms with Crippen LogP contribution in [0.4, 0.5) is 0 Å². The van der Waals surface area contributed by atoms with Crippen LogP contribution in [0.15, 0.2) is 0 Å². The Labute approximate surface area is 103 Å². The summed E-state index contributed by atoms with van der Waals surface area (Å²) in [5.41, 5.74) is 0. The van der Waals surface area contributed by atoms with Crippen LogP contribution in [0.5, 0.6) is 0 Å². The van der Waals surface area contributed by atoms with E-state index >= 15 is 0 Å². The van der Waals surface area contributed by atoms with E-state index in [1.54, 1.807) is 0 Å². The molecule has 0 aromatic heterocycles. The van der Waals surface area contributed by atoms with Crippen LogP contribution in [0, 0.1) is 11.8 Å². The van der Waals surface area contributed by atoms with Gasteiger partial charge in [0.2, 0.25) is 0 Å². The Kier molecular flexibility index (Phi) is 17.1. The van der Waals surface area contributed by atoms with E-state index in [1.165, 1.54) is 12.8 Å². The molecular weight excluding hydrogens is 200 g/mol. The summed E-state index contributed by atoms with van der Waals surface area (Å²) >= 11 is 0. The lowest BCUT2D eigenvalue weighted by Gasteiger charge is -2.07. The molecule has 0 N–H and O–H groups in total. The molecule has 0 heterocycles. The Morgan fingerprint density at radius 2 is 1.06 bits per heavy atom. The van der Waals surface area contributed by atoms with Gasteiger partial charge in [0.15, 0.2) is 0 Å². The molecule has 0 rings (SSSR count). The number of hydrogen-bond donors (Lipinski definition) is 0. The summed E-state index contributed by atoms with van der Waals surface area (Å²) < 4.78 is 10.3. The summed E-state index contributed by atoms with van der Waals surface area (Å²) in [4.78, 5) is 0. The molecule has 0 aliphatic rings. The first-order valence-corrected chi connectivity index (χ1v) is 6.69. The van der Waals surface area contributed by atoms with E-state index < -0.39 is 0 Å². The molecule has 0 spiro atoms. The Balaban J connectivity index is 0. The van der Waals surface area contributed by atoms with E-state index in [0.29, 0.717) is 0 Å². The highest BCUT2D eigenvalue weighted by molar-refractivity contribution is 4.45. The largest absolute Gasteiger partial charge is 0.382 e. The van der Waals surface area contributed by atoms with Gasteiger partial charge < -0.3 is 9.47 Å². The minimum Gasteiger partial charge on any atom is -0.382 e. The zero-order valence-corrected chi connectivity index (χ0v) is 12.2. The minimum absolute atomic E-state index is 0.772. The number of ether oxygens (including phenoxy) is 2. The van der Waals surface area contributed by atoms with Gasteiger partial charge in [0, 0.05) is 26.4 Å². The Morgan fingerprint density at radius 3 is 1.25 bits per heavy atom. The maximum absolute atomic E-state index is 5.46. The maximum Gasteiger partial charge on any atom is 0.0468 e. The first kappa shape index (κ1) is 18.3. The predicted molar refractivity (Wildman–Crippen MR) is 71.9 cm³/mol. The van der Waals surface area contributed by atoms with Crippen LogP contribution in [0.1, 0.15) is 54.4 Å². The zero-order valence-electron chi connectivity index (χ0n) is 12.2. The summed E-state index contributed by atoms with van der Waals surface area (Å²) in [6, 6.07) is 0. The van der Waals surface area contributed by atoms with Gasteiger partial charge in [-0.25, -0.2) is 0 Å². The van der Waals surface area contributed by atoms with Crippen molar-refractivity contribution in [3.8, 4) is 0 Å². The SMILES string of the molecule is CC(C)CCOCCC(C)C.CCOCC. The first-order valence-electron chi connectivity index (χ1n) is 6.69. The van der Waals surface area contributed by atoms with E-state index in [0.717, 1.165) is 38.3 Å². The van der Waals surface area contributed by atoms with Crippen molar-refractivity contribution in [3.63, 3.8) is 0 Å². The van der Waals surface area contributed by atoms with Gasteiger partial charge >= 0.3 is 0 Å². The monoisotopic (exact) mass is 232 g/mol. The van der Waals surface area contributed by atoms with Crippen molar-refractivity contribution in [3.05, 3.63) is 0 Å². The van der Waals surface area contributed by atoms with E-state index in [4.69, 9.17) is 9.47 Å².